The lowest BCUT2D eigenvalue weighted by molar-refractivity contribution is -0.153. The summed E-state index contributed by atoms with van der Waals surface area (Å²) in [6.07, 6.45) is 0.723. The number of hydrogen-bond donors (Lipinski definition) is 1. The van der Waals surface area contributed by atoms with Gasteiger partial charge in [0.1, 0.15) is 11.2 Å². The van der Waals surface area contributed by atoms with E-state index in [9.17, 15) is 14.0 Å². The first kappa shape index (κ1) is 13.8. The van der Waals surface area contributed by atoms with Crippen molar-refractivity contribution in [2.75, 3.05) is 7.05 Å². The average molecular weight is 286 g/mol. The van der Waals surface area contributed by atoms with E-state index in [-0.39, 0.29) is 11.6 Å². The number of nitrogens with zero attached hydrogens (tertiary/aromatic N) is 1. The minimum atomic E-state index is -1.26. The van der Waals surface area contributed by atoms with Gasteiger partial charge in [-0.25, -0.2) is 4.39 Å². The zero-order chi connectivity index (χ0) is 14.2. The van der Waals surface area contributed by atoms with Gasteiger partial charge in [-0.2, -0.15) is 0 Å². The summed E-state index contributed by atoms with van der Waals surface area (Å²) in [4.78, 5) is 24.4. The van der Waals surface area contributed by atoms with Gasteiger partial charge in [0.15, 0.2) is 0 Å². The van der Waals surface area contributed by atoms with Crippen molar-refractivity contribution in [1.82, 2.24) is 4.90 Å². The predicted octanol–water partition coefficient (Wildman–Crippen LogP) is 2.30. The van der Waals surface area contributed by atoms with Crippen molar-refractivity contribution >= 4 is 23.5 Å². The van der Waals surface area contributed by atoms with Crippen LogP contribution in [-0.2, 0) is 16.1 Å². The Kier molecular flexibility index (Phi) is 3.49. The number of carboxylic acid groups (broad SMARTS) is 1. The van der Waals surface area contributed by atoms with Gasteiger partial charge >= 0.3 is 5.97 Å². The summed E-state index contributed by atoms with van der Waals surface area (Å²) in [5, 5.41) is 9.06. The molecule has 1 fully saturated rings. The Labute approximate surface area is 114 Å². The maximum absolute atomic E-state index is 13.3. The summed E-state index contributed by atoms with van der Waals surface area (Å²) < 4.78 is 13.3. The number of carboxylic acids is 1. The molecule has 0 spiro atoms. The minimum absolute atomic E-state index is 0.0157. The summed E-state index contributed by atoms with van der Waals surface area (Å²) in [5.41, 5.74) is -0.696. The fourth-order valence-electron chi connectivity index (χ4n) is 1.99. The van der Waals surface area contributed by atoms with E-state index < -0.39 is 23.1 Å². The Morgan fingerprint density at radius 3 is 2.58 bits per heavy atom. The average Bonchev–Trinajstić information content (AvgIpc) is 3.14. The van der Waals surface area contributed by atoms with Gasteiger partial charge < -0.3 is 10.0 Å². The third-order valence-corrected chi connectivity index (χ3v) is 3.63. The Morgan fingerprint density at radius 1 is 1.47 bits per heavy atom. The van der Waals surface area contributed by atoms with Crippen LogP contribution in [0.1, 0.15) is 18.4 Å². The van der Waals surface area contributed by atoms with Crippen LogP contribution in [0.2, 0.25) is 5.02 Å². The quantitative estimate of drug-likeness (QED) is 0.864. The molecule has 0 atom stereocenters. The molecule has 1 N–H and O–H groups in total. The van der Waals surface area contributed by atoms with E-state index in [0.29, 0.717) is 18.4 Å². The Balaban J connectivity index is 2.09. The van der Waals surface area contributed by atoms with Crippen molar-refractivity contribution in [1.29, 1.82) is 0 Å². The smallest absolute Gasteiger partial charge is 0.319 e. The van der Waals surface area contributed by atoms with Crippen LogP contribution in [0.4, 0.5) is 4.39 Å². The van der Waals surface area contributed by atoms with Crippen LogP contribution in [0.5, 0.6) is 0 Å². The van der Waals surface area contributed by atoms with Crippen molar-refractivity contribution in [2.24, 2.45) is 5.41 Å². The van der Waals surface area contributed by atoms with Crippen LogP contribution in [0.15, 0.2) is 18.2 Å². The van der Waals surface area contributed by atoms with Crippen LogP contribution < -0.4 is 0 Å². The largest absolute Gasteiger partial charge is 0.480 e. The van der Waals surface area contributed by atoms with E-state index in [4.69, 9.17) is 16.7 Å². The lowest BCUT2D eigenvalue weighted by Crippen LogP contribution is -2.38. The maximum atomic E-state index is 13.3. The van der Waals surface area contributed by atoms with Crippen molar-refractivity contribution < 1.29 is 19.1 Å². The van der Waals surface area contributed by atoms with Crippen LogP contribution in [0, 0.1) is 11.2 Å². The number of aliphatic carboxylic acids is 1. The van der Waals surface area contributed by atoms with E-state index in [2.05, 4.69) is 0 Å². The monoisotopic (exact) mass is 285 g/mol. The van der Waals surface area contributed by atoms with Crippen molar-refractivity contribution in [3.8, 4) is 0 Å². The fraction of sp³-hybridized carbons (Fsp3) is 0.385. The zero-order valence-electron chi connectivity index (χ0n) is 10.3. The molecule has 1 aromatic carbocycles. The molecular formula is C13H13ClFNO3. The van der Waals surface area contributed by atoms with Crippen LogP contribution in [-0.4, -0.2) is 28.9 Å². The molecule has 0 aliphatic heterocycles. The molecule has 0 aromatic heterocycles. The first-order valence-electron chi connectivity index (χ1n) is 5.80. The highest BCUT2D eigenvalue weighted by atomic mass is 35.5. The summed E-state index contributed by atoms with van der Waals surface area (Å²) in [6.45, 7) is 0.155. The third kappa shape index (κ3) is 2.56. The molecule has 1 saturated carbocycles. The number of carbonyl (C=O) groups excluding carboxylic acids is 1. The van der Waals surface area contributed by atoms with E-state index >= 15 is 0 Å². The topological polar surface area (TPSA) is 57.6 Å². The van der Waals surface area contributed by atoms with E-state index in [1.165, 1.54) is 24.1 Å². The highest BCUT2D eigenvalue weighted by Crippen LogP contribution is 2.47. The maximum Gasteiger partial charge on any atom is 0.319 e. The highest BCUT2D eigenvalue weighted by molar-refractivity contribution is 6.30. The van der Waals surface area contributed by atoms with Gasteiger partial charge in [0, 0.05) is 13.6 Å². The summed E-state index contributed by atoms with van der Waals surface area (Å²) >= 11 is 5.57. The molecule has 0 heterocycles. The molecule has 0 unspecified atom stereocenters. The second kappa shape index (κ2) is 4.81. The third-order valence-electron chi connectivity index (χ3n) is 3.32. The van der Waals surface area contributed by atoms with Gasteiger partial charge in [0.25, 0.3) is 0 Å². The van der Waals surface area contributed by atoms with Crippen LogP contribution >= 0.6 is 11.6 Å². The molecule has 1 amide bonds. The molecule has 6 heteroatoms. The predicted molar refractivity (Wildman–Crippen MR) is 67.2 cm³/mol. The normalized spacial score (nSPS) is 15.9. The Morgan fingerprint density at radius 2 is 2.11 bits per heavy atom. The van der Waals surface area contributed by atoms with Gasteiger partial charge in [0.2, 0.25) is 5.91 Å². The number of rotatable bonds is 4. The lowest BCUT2D eigenvalue weighted by atomic mass is 10.1. The number of benzene rings is 1. The molecule has 1 aromatic rings. The molecule has 2 rings (SSSR count). The second-order valence-electron chi connectivity index (χ2n) is 4.80. The van der Waals surface area contributed by atoms with Crippen LogP contribution in [0.25, 0.3) is 0 Å². The number of hydrogen-bond acceptors (Lipinski definition) is 2. The SMILES string of the molecule is CN(Cc1ccc(Cl)c(F)c1)C(=O)C1(C(=O)O)CC1. The standard InChI is InChI=1S/C13H13ClFNO3/c1-16(11(17)13(4-5-13)12(18)19)7-8-2-3-9(14)10(15)6-8/h2-3,6H,4-5,7H2,1H3,(H,18,19). The Hall–Kier alpha value is -1.62. The fourth-order valence-corrected chi connectivity index (χ4v) is 2.11. The lowest BCUT2D eigenvalue weighted by Gasteiger charge is -2.21. The summed E-state index contributed by atoms with van der Waals surface area (Å²) in [5.74, 6) is -2.08. The number of amides is 1. The van der Waals surface area contributed by atoms with Gasteiger partial charge in [-0.15, -0.1) is 0 Å². The Bertz CT molecular complexity index is 543. The summed E-state index contributed by atoms with van der Waals surface area (Å²) in [6, 6.07) is 4.26. The number of halogens is 2. The first-order chi connectivity index (χ1) is 8.86. The molecule has 0 bridgehead atoms. The van der Waals surface area contributed by atoms with E-state index in [1.807, 2.05) is 0 Å². The van der Waals surface area contributed by atoms with Gasteiger partial charge in [0.05, 0.1) is 5.02 Å². The van der Waals surface area contributed by atoms with Gasteiger partial charge in [-0.3, -0.25) is 9.59 Å². The first-order valence-corrected chi connectivity index (χ1v) is 6.17. The molecule has 0 saturated heterocycles. The van der Waals surface area contributed by atoms with Crippen LogP contribution in [0.3, 0.4) is 0 Å². The van der Waals surface area contributed by atoms with E-state index in [1.54, 1.807) is 6.07 Å². The van der Waals surface area contributed by atoms with Crippen molar-refractivity contribution in [3.63, 3.8) is 0 Å². The minimum Gasteiger partial charge on any atom is -0.480 e. The van der Waals surface area contributed by atoms with Gasteiger partial charge in [-0.1, -0.05) is 17.7 Å². The molecule has 19 heavy (non-hydrogen) atoms. The second-order valence-corrected chi connectivity index (χ2v) is 5.20. The van der Waals surface area contributed by atoms with Gasteiger partial charge in [-0.05, 0) is 30.5 Å². The van der Waals surface area contributed by atoms with Crippen molar-refractivity contribution in [3.05, 3.63) is 34.6 Å². The molecule has 4 nitrogen and oxygen atoms in total. The molecule has 102 valence electrons. The molecule has 1 aliphatic carbocycles. The highest BCUT2D eigenvalue weighted by Gasteiger charge is 2.58. The number of carbonyl (C=O) groups is 2. The zero-order valence-corrected chi connectivity index (χ0v) is 11.1. The molecule has 0 radical (unpaired) electrons. The summed E-state index contributed by atoms with van der Waals surface area (Å²) in [7, 11) is 1.51. The molecule has 1 aliphatic rings. The molecular weight excluding hydrogens is 273 g/mol. The van der Waals surface area contributed by atoms with Crippen molar-refractivity contribution in [2.45, 2.75) is 19.4 Å². The van der Waals surface area contributed by atoms with E-state index in [0.717, 1.165) is 0 Å².